The molecule has 0 heterocycles. The lowest BCUT2D eigenvalue weighted by Gasteiger charge is -2.17. The molecule has 3 heteroatoms. The number of hydrogen-bond donors (Lipinski definition) is 2. The molecule has 21 heavy (non-hydrogen) atoms. The van der Waals surface area contributed by atoms with E-state index in [-0.39, 0.29) is 18.6 Å². The van der Waals surface area contributed by atoms with Gasteiger partial charge in [-0.3, -0.25) is 4.79 Å². The zero-order valence-electron chi connectivity index (χ0n) is 11.6. The van der Waals surface area contributed by atoms with Crippen LogP contribution in [0, 0.1) is 0 Å². The third-order valence-electron chi connectivity index (χ3n) is 3.69. The lowest BCUT2D eigenvalue weighted by molar-refractivity contribution is -0.118. The number of benzene rings is 1. The molecule has 3 nitrogen and oxygen atoms in total. The molecule has 2 N–H and O–H groups in total. The van der Waals surface area contributed by atoms with Crippen LogP contribution in [0.25, 0.3) is 0 Å². The smallest absolute Gasteiger partial charge is 0.252 e. The predicted molar refractivity (Wildman–Crippen MR) is 82.6 cm³/mol. The van der Waals surface area contributed by atoms with E-state index < -0.39 is 0 Å². The van der Waals surface area contributed by atoms with Gasteiger partial charge in [-0.2, -0.15) is 0 Å². The van der Waals surface area contributed by atoms with E-state index in [0.29, 0.717) is 12.0 Å². The molecule has 0 fully saturated rings. The summed E-state index contributed by atoms with van der Waals surface area (Å²) in [5.74, 6) is -0.133. The molecule has 106 valence electrons. The van der Waals surface area contributed by atoms with Crippen molar-refractivity contribution in [3.8, 4) is 0 Å². The highest BCUT2D eigenvalue weighted by molar-refractivity contribution is 6.00. The van der Waals surface area contributed by atoms with E-state index in [0.717, 1.165) is 16.7 Å². The number of hydrogen-bond acceptors (Lipinski definition) is 2. The quantitative estimate of drug-likeness (QED) is 0.867. The molecular weight excluding hydrogens is 262 g/mol. The van der Waals surface area contributed by atoms with Gasteiger partial charge in [-0.15, -0.1) is 0 Å². The summed E-state index contributed by atoms with van der Waals surface area (Å²) in [6.07, 6.45) is 10.3. The van der Waals surface area contributed by atoms with Gasteiger partial charge in [-0.05, 0) is 29.2 Å². The van der Waals surface area contributed by atoms with Gasteiger partial charge in [-0.25, -0.2) is 0 Å². The number of fused-ring (bicyclic) bond motifs is 1. The molecule has 1 aromatic carbocycles. The number of carbonyl (C=O) groups is 1. The molecule has 0 bridgehead atoms. The number of amides is 1. The van der Waals surface area contributed by atoms with Crippen molar-refractivity contribution in [2.75, 3.05) is 6.61 Å². The third kappa shape index (κ3) is 2.88. The Bertz CT molecular complexity index is 666. The zero-order valence-corrected chi connectivity index (χ0v) is 11.6. The van der Waals surface area contributed by atoms with Crippen LogP contribution in [0.5, 0.6) is 0 Å². The standard InChI is InChI=1S/C18H17NO2/c20-12-15(11-13-5-2-1-3-6-13)19-18(21)17-10-9-14-7-4-8-16(14)17/h1-10,15,20H,11-12H2,(H,19,21)/t15-/m0/s1. The second kappa shape index (κ2) is 5.94. The summed E-state index contributed by atoms with van der Waals surface area (Å²) in [7, 11) is 0. The van der Waals surface area contributed by atoms with Gasteiger partial charge < -0.3 is 10.4 Å². The topological polar surface area (TPSA) is 49.3 Å². The van der Waals surface area contributed by atoms with Gasteiger partial charge >= 0.3 is 0 Å². The Morgan fingerprint density at radius 2 is 1.95 bits per heavy atom. The first kappa shape index (κ1) is 13.6. The van der Waals surface area contributed by atoms with Gasteiger partial charge in [-0.1, -0.05) is 54.6 Å². The predicted octanol–water partition coefficient (Wildman–Crippen LogP) is 2.07. The van der Waals surface area contributed by atoms with Crippen LogP contribution >= 0.6 is 0 Å². The molecule has 0 saturated heterocycles. The summed E-state index contributed by atoms with van der Waals surface area (Å²) in [6, 6.07) is 9.57. The number of aliphatic hydroxyl groups is 1. The highest BCUT2D eigenvalue weighted by Crippen LogP contribution is 2.29. The van der Waals surface area contributed by atoms with Gasteiger partial charge in [0, 0.05) is 5.57 Å². The van der Waals surface area contributed by atoms with Crippen LogP contribution < -0.4 is 5.32 Å². The van der Waals surface area contributed by atoms with Gasteiger partial charge in [0.1, 0.15) is 0 Å². The molecule has 0 aliphatic heterocycles. The fourth-order valence-electron chi connectivity index (χ4n) is 2.61. The van der Waals surface area contributed by atoms with E-state index in [4.69, 9.17) is 0 Å². The number of nitrogens with one attached hydrogen (secondary N) is 1. The van der Waals surface area contributed by atoms with Crippen molar-refractivity contribution in [1.29, 1.82) is 0 Å². The maximum atomic E-state index is 12.4. The van der Waals surface area contributed by atoms with Crippen LogP contribution in [-0.4, -0.2) is 23.7 Å². The molecule has 0 saturated carbocycles. The van der Waals surface area contributed by atoms with Crippen LogP contribution in [0.2, 0.25) is 0 Å². The molecule has 2 aliphatic carbocycles. The van der Waals surface area contributed by atoms with Crippen LogP contribution in [0.3, 0.4) is 0 Å². The van der Waals surface area contributed by atoms with Crippen molar-refractivity contribution in [3.05, 3.63) is 83.0 Å². The van der Waals surface area contributed by atoms with E-state index >= 15 is 0 Å². The van der Waals surface area contributed by atoms with E-state index in [1.54, 1.807) is 0 Å². The minimum absolute atomic E-state index is 0.0779. The summed E-state index contributed by atoms with van der Waals surface area (Å²) in [4.78, 5) is 12.4. The molecule has 0 aromatic heterocycles. The fraction of sp³-hybridized carbons (Fsp3) is 0.167. The van der Waals surface area contributed by atoms with Crippen LogP contribution in [0.1, 0.15) is 5.56 Å². The Morgan fingerprint density at radius 1 is 1.14 bits per heavy atom. The van der Waals surface area contributed by atoms with E-state index in [9.17, 15) is 9.90 Å². The Balaban J connectivity index is 1.69. The van der Waals surface area contributed by atoms with Gasteiger partial charge in [0.2, 0.25) is 0 Å². The molecule has 2 aliphatic rings. The second-order valence-electron chi connectivity index (χ2n) is 5.18. The molecule has 1 aromatic rings. The summed E-state index contributed by atoms with van der Waals surface area (Å²) in [6.45, 7) is -0.0779. The molecule has 1 atom stereocenters. The molecule has 0 unspecified atom stereocenters. The lowest BCUT2D eigenvalue weighted by Crippen LogP contribution is -2.39. The first-order chi connectivity index (χ1) is 10.3. The van der Waals surface area contributed by atoms with Crippen molar-refractivity contribution in [1.82, 2.24) is 5.32 Å². The number of aliphatic hydroxyl groups excluding tert-OH is 1. The fourth-order valence-corrected chi connectivity index (χ4v) is 2.61. The minimum atomic E-state index is -0.278. The van der Waals surface area contributed by atoms with Crippen LogP contribution in [0.4, 0.5) is 0 Å². The first-order valence-corrected chi connectivity index (χ1v) is 7.04. The normalized spacial score (nSPS) is 16.9. The van der Waals surface area contributed by atoms with Gasteiger partial charge in [0.05, 0.1) is 12.6 Å². The molecule has 1 amide bonds. The monoisotopic (exact) mass is 279 g/mol. The van der Waals surface area contributed by atoms with Crippen LogP contribution in [-0.2, 0) is 11.2 Å². The zero-order chi connectivity index (χ0) is 14.7. The van der Waals surface area contributed by atoms with Crippen molar-refractivity contribution < 1.29 is 9.90 Å². The highest BCUT2D eigenvalue weighted by atomic mass is 16.3. The summed E-state index contributed by atoms with van der Waals surface area (Å²) >= 11 is 0. The third-order valence-corrected chi connectivity index (χ3v) is 3.69. The van der Waals surface area contributed by atoms with E-state index in [1.165, 1.54) is 0 Å². The van der Waals surface area contributed by atoms with Crippen molar-refractivity contribution in [2.45, 2.75) is 12.5 Å². The average Bonchev–Trinajstić information content (AvgIpc) is 3.10. The minimum Gasteiger partial charge on any atom is -0.394 e. The van der Waals surface area contributed by atoms with Crippen molar-refractivity contribution in [3.63, 3.8) is 0 Å². The second-order valence-corrected chi connectivity index (χ2v) is 5.18. The summed E-state index contributed by atoms with van der Waals surface area (Å²) in [5.41, 5.74) is 3.80. The number of carbonyl (C=O) groups excluding carboxylic acids is 1. The Labute approximate surface area is 124 Å². The van der Waals surface area contributed by atoms with Crippen molar-refractivity contribution in [2.24, 2.45) is 0 Å². The van der Waals surface area contributed by atoms with Gasteiger partial charge in [0.25, 0.3) is 5.91 Å². The van der Waals surface area contributed by atoms with Crippen molar-refractivity contribution >= 4 is 5.91 Å². The number of rotatable bonds is 5. The summed E-state index contributed by atoms with van der Waals surface area (Å²) < 4.78 is 0. The number of allylic oxidation sites excluding steroid dienone is 6. The van der Waals surface area contributed by atoms with E-state index in [2.05, 4.69) is 5.32 Å². The first-order valence-electron chi connectivity index (χ1n) is 7.04. The lowest BCUT2D eigenvalue weighted by atomic mass is 10.1. The average molecular weight is 279 g/mol. The van der Waals surface area contributed by atoms with Crippen LogP contribution in [0.15, 0.2) is 77.4 Å². The Hall–Kier alpha value is -2.39. The molecule has 3 rings (SSSR count). The molecule has 0 radical (unpaired) electrons. The Morgan fingerprint density at radius 3 is 2.71 bits per heavy atom. The largest absolute Gasteiger partial charge is 0.394 e. The molecule has 0 spiro atoms. The Kier molecular flexibility index (Phi) is 3.84. The summed E-state index contributed by atoms with van der Waals surface area (Å²) in [5, 5.41) is 12.4. The maximum absolute atomic E-state index is 12.4. The van der Waals surface area contributed by atoms with E-state index in [1.807, 2.05) is 60.7 Å². The van der Waals surface area contributed by atoms with Gasteiger partial charge in [0.15, 0.2) is 0 Å². The molecular formula is C18H17NO2. The highest BCUT2D eigenvalue weighted by Gasteiger charge is 2.22. The maximum Gasteiger partial charge on any atom is 0.252 e. The SMILES string of the molecule is O=C(N[C@H](CO)Cc1ccccc1)C1=C2C=CC=C2C=C1.